The van der Waals surface area contributed by atoms with E-state index in [1.54, 1.807) is 7.11 Å². The second kappa shape index (κ2) is 6.24. The number of hydrogen-bond acceptors (Lipinski definition) is 2. The Morgan fingerprint density at radius 3 is 2.73 bits per heavy atom. The molecule has 0 saturated heterocycles. The molecule has 0 bridgehead atoms. The van der Waals surface area contributed by atoms with Gasteiger partial charge in [-0.1, -0.05) is 6.92 Å². The second-order valence-electron chi connectivity index (χ2n) is 6.99. The van der Waals surface area contributed by atoms with Crippen molar-refractivity contribution in [2.24, 2.45) is 7.05 Å². The molecular weight excluding hydrogens is 326 g/mol. The predicted octanol–water partition coefficient (Wildman–Crippen LogP) is 3.90. The molecule has 5 heteroatoms. The van der Waals surface area contributed by atoms with Crippen molar-refractivity contribution in [1.82, 2.24) is 14.0 Å². The number of ether oxygens (including phenoxy) is 1. The molecule has 26 heavy (non-hydrogen) atoms. The van der Waals surface area contributed by atoms with Crippen LogP contribution in [0.1, 0.15) is 41.3 Å². The van der Waals surface area contributed by atoms with Crippen molar-refractivity contribution in [3.63, 3.8) is 0 Å². The van der Waals surface area contributed by atoms with Crippen LogP contribution in [0.5, 0.6) is 5.75 Å². The summed E-state index contributed by atoms with van der Waals surface area (Å²) < 4.78 is 9.64. The van der Waals surface area contributed by atoms with Gasteiger partial charge in [0.25, 0.3) is 5.91 Å². The SMILES string of the molecule is CC[C@H]1c2ccc(C)n2CCN1C(=O)c1cc2ccc(OC)cc2n1C. The van der Waals surface area contributed by atoms with Crippen molar-refractivity contribution in [2.45, 2.75) is 32.9 Å². The third-order valence-electron chi connectivity index (χ3n) is 5.63. The molecule has 1 aromatic carbocycles. The van der Waals surface area contributed by atoms with Crippen LogP contribution >= 0.6 is 0 Å². The second-order valence-corrected chi connectivity index (χ2v) is 6.99. The maximum Gasteiger partial charge on any atom is 0.271 e. The van der Waals surface area contributed by atoms with Crippen molar-refractivity contribution in [3.8, 4) is 5.75 Å². The first-order chi connectivity index (χ1) is 12.5. The first kappa shape index (κ1) is 16.8. The molecule has 0 spiro atoms. The van der Waals surface area contributed by atoms with Gasteiger partial charge in [-0.25, -0.2) is 0 Å². The van der Waals surface area contributed by atoms with Crippen LogP contribution < -0.4 is 4.74 Å². The van der Waals surface area contributed by atoms with E-state index in [-0.39, 0.29) is 11.9 Å². The van der Waals surface area contributed by atoms with Crippen molar-refractivity contribution < 1.29 is 9.53 Å². The van der Waals surface area contributed by atoms with E-state index in [9.17, 15) is 4.79 Å². The number of amides is 1. The van der Waals surface area contributed by atoms with Gasteiger partial charge in [-0.2, -0.15) is 0 Å². The summed E-state index contributed by atoms with van der Waals surface area (Å²) in [7, 11) is 3.61. The number of aromatic nitrogens is 2. The van der Waals surface area contributed by atoms with Gasteiger partial charge in [0.2, 0.25) is 0 Å². The molecule has 0 radical (unpaired) electrons. The van der Waals surface area contributed by atoms with Gasteiger partial charge in [0.15, 0.2) is 0 Å². The van der Waals surface area contributed by atoms with Gasteiger partial charge in [0.05, 0.1) is 18.7 Å². The first-order valence-corrected chi connectivity index (χ1v) is 9.15. The van der Waals surface area contributed by atoms with E-state index >= 15 is 0 Å². The maximum atomic E-state index is 13.4. The van der Waals surface area contributed by atoms with Crippen LogP contribution in [0.2, 0.25) is 0 Å². The molecule has 3 heterocycles. The zero-order valence-electron chi connectivity index (χ0n) is 15.8. The van der Waals surface area contributed by atoms with Crippen LogP contribution in [0.25, 0.3) is 10.9 Å². The Bertz CT molecular complexity index is 983. The van der Waals surface area contributed by atoms with Crippen molar-refractivity contribution in [1.29, 1.82) is 0 Å². The summed E-state index contributed by atoms with van der Waals surface area (Å²) in [6.07, 6.45) is 0.910. The number of fused-ring (bicyclic) bond motifs is 2. The third-order valence-corrected chi connectivity index (χ3v) is 5.63. The lowest BCUT2D eigenvalue weighted by molar-refractivity contribution is 0.0607. The monoisotopic (exact) mass is 351 g/mol. The summed E-state index contributed by atoms with van der Waals surface area (Å²) in [6, 6.07) is 12.3. The highest BCUT2D eigenvalue weighted by atomic mass is 16.5. The van der Waals surface area contributed by atoms with E-state index in [4.69, 9.17) is 4.74 Å². The Hall–Kier alpha value is -2.69. The minimum Gasteiger partial charge on any atom is -0.497 e. The van der Waals surface area contributed by atoms with Gasteiger partial charge < -0.3 is 18.8 Å². The predicted molar refractivity (Wildman–Crippen MR) is 103 cm³/mol. The standard InChI is InChI=1S/C21H25N3O2/c1-5-17-18-9-6-14(2)23(18)10-11-24(17)21(25)20-12-15-7-8-16(26-4)13-19(15)22(20)3/h6-9,12-13,17H,5,10-11H2,1-4H3/t17-/m0/s1. The van der Waals surface area contributed by atoms with E-state index in [1.165, 1.54) is 11.4 Å². The molecule has 1 atom stereocenters. The van der Waals surface area contributed by atoms with Crippen molar-refractivity contribution in [2.75, 3.05) is 13.7 Å². The van der Waals surface area contributed by atoms with Crippen LogP contribution in [0, 0.1) is 6.92 Å². The number of carbonyl (C=O) groups is 1. The molecule has 4 rings (SSSR count). The number of rotatable bonds is 3. The van der Waals surface area contributed by atoms with Gasteiger partial charge in [0, 0.05) is 43.0 Å². The average Bonchev–Trinajstić information content (AvgIpc) is 3.20. The molecule has 0 saturated carbocycles. The summed E-state index contributed by atoms with van der Waals surface area (Å²) >= 11 is 0. The molecule has 3 aromatic rings. The van der Waals surface area contributed by atoms with Crippen LogP contribution in [0.3, 0.4) is 0 Å². The van der Waals surface area contributed by atoms with E-state index < -0.39 is 0 Å². The van der Waals surface area contributed by atoms with Gasteiger partial charge in [0.1, 0.15) is 11.4 Å². The highest BCUT2D eigenvalue weighted by Crippen LogP contribution is 2.32. The molecule has 136 valence electrons. The molecule has 2 aromatic heterocycles. The lowest BCUT2D eigenvalue weighted by atomic mass is 10.1. The van der Waals surface area contributed by atoms with Crippen LogP contribution in [0.15, 0.2) is 36.4 Å². The molecule has 1 aliphatic rings. The molecule has 0 aliphatic carbocycles. The largest absolute Gasteiger partial charge is 0.497 e. The first-order valence-electron chi connectivity index (χ1n) is 9.15. The fraction of sp³-hybridized carbons (Fsp3) is 0.381. The number of hydrogen-bond donors (Lipinski definition) is 0. The molecular formula is C21H25N3O2. The van der Waals surface area contributed by atoms with Gasteiger partial charge in [-0.3, -0.25) is 4.79 Å². The summed E-state index contributed by atoms with van der Waals surface area (Å²) in [6.45, 7) is 5.87. The Morgan fingerprint density at radius 2 is 2.00 bits per heavy atom. The van der Waals surface area contributed by atoms with E-state index in [0.29, 0.717) is 0 Å². The van der Waals surface area contributed by atoms with Crippen molar-refractivity contribution in [3.05, 3.63) is 53.5 Å². The number of carbonyl (C=O) groups excluding carboxylic acids is 1. The number of nitrogens with zero attached hydrogens (tertiary/aromatic N) is 3. The minimum atomic E-state index is 0.0969. The molecule has 0 fully saturated rings. The van der Waals surface area contributed by atoms with Gasteiger partial charge in [-0.15, -0.1) is 0 Å². The molecule has 1 amide bonds. The van der Waals surface area contributed by atoms with E-state index in [0.717, 1.165) is 41.9 Å². The summed E-state index contributed by atoms with van der Waals surface area (Å²) in [4.78, 5) is 15.4. The van der Waals surface area contributed by atoms with Crippen molar-refractivity contribution >= 4 is 16.8 Å². The molecule has 0 N–H and O–H groups in total. The minimum absolute atomic E-state index is 0.0969. The fourth-order valence-electron chi connectivity index (χ4n) is 4.17. The Balaban J connectivity index is 1.73. The van der Waals surface area contributed by atoms with Gasteiger partial charge in [-0.05, 0) is 43.7 Å². The Labute approximate surface area is 153 Å². The van der Waals surface area contributed by atoms with Crippen LogP contribution in [0.4, 0.5) is 0 Å². The van der Waals surface area contributed by atoms with Crippen LogP contribution in [-0.2, 0) is 13.6 Å². The smallest absolute Gasteiger partial charge is 0.271 e. The quantitative estimate of drug-likeness (QED) is 0.718. The third kappa shape index (κ3) is 2.42. The topological polar surface area (TPSA) is 39.4 Å². The lowest BCUT2D eigenvalue weighted by Crippen LogP contribution is -2.42. The van der Waals surface area contributed by atoms with E-state index in [2.05, 4.69) is 30.5 Å². The summed E-state index contributed by atoms with van der Waals surface area (Å²) in [5, 5.41) is 1.06. The fourth-order valence-corrected chi connectivity index (χ4v) is 4.17. The Kier molecular flexibility index (Phi) is 4.02. The summed E-state index contributed by atoms with van der Waals surface area (Å²) in [5.74, 6) is 0.898. The molecule has 5 nitrogen and oxygen atoms in total. The number of benzene rings is 1. The average molecular weight is 351 g/mol. The zero-order valence-corrected chi connectivity index (χ0v) is 15.8. The number of methoxy groups -OCH3 is 1. The molecule has 1 aliphatic heterocycles. The highest BCUT2D eigenvalue weighted by Gasteiger charge is 2.32. The Morgan fingerprint density at radius 1 is 1.19 bits per heavy atom. The van der Waals surface area contributed by atoms with Gasteiger partial charge >= 0.3 is 0 Å². The molecule has 0 unspecified atom stereocenters. The zero-order chi connectivity index (χ0) is 18.4. The lowest BCUT2D eigenvalue weighted by Gasteiger charge is -2.37. The van der Waals surface area contributed by atoms with E-state index in [1.807, 2.05) is 40.8 Å². The summed E-state index contributed by atoms with van der Waals surface area (Å²) in [5.41, 5.74) is 4.24. The number of aryl methyl sites for hydroxylation is 2. The normalized spacial score (nSPS) is 16.8. The van der Waals surface area contributed by atoms with Crippen LogP contribution in [-0.4, -0.2) is 33.6 Å². The highest BCUT2D eigenvalue weighted by molar-refractivity contribution is 5.99. The maximum absolute atomic E-state index is 13.4.